The van der Waals surface area contributed by atoms with Crippen molar-refractivity contribution in [3.63, 3.8) is 0 Å². The number of hydrogen-bond donors (Lipinski definition) is 4. The molecular weight excluding hydrogens is 918 g/mol. The summed E-state index contributed by atoms with van der Waals surface area (Å²) in [5.74, 6) is -5.18. The number of hydrogen-bond acceptors (Lipinski definition) is 13. The molecule has 68 heavy (non-hydrogen) atoms. The van der Waals surface area contributed by atoms with Gasteiger partial charge in [0.2, 0.25) is 27.8 Å². The standard InChI is InChI=1S/C45H56F5N11O6S/c1-27-20-31(8-9-33(27)52-41-51-23-32(45(48,49)50)39(54-41)60-14-5-13-43(2,65)25-60)68(66,67)55-29-21-30(22-29)59-15-12-28(44(46,47)26-59)24-57-16-18-58(19-17-57)34-6-4-7-35-38(34)56(3)42(64)61(35)36-10-11-37(62)53-40(36)63/h4,6-9,20,23,28-30,36,55,65H,5,10-19,21-22,24-26H2,1-3H3,(H,51,52,54)(H,53,62,63)/t28?,29?,30?,36?,43-/m0/s1. The van der Waals surface area contributed by atoms with Crippen LogP contribution in [0.15, 0.2) is 52.3 Å². The Morgan fingerprint density at radius 1 is 0.971 bits per heavy atom. The number of imide groups is 1. The van der Waals surface area contributed by atoms with Gasteiger partial charge in [0.05, 0.1) is 33.8 Å². The van der Waals surface area contributed by atoms with Crippen molar-refractivity contribution in [3.05, 3.63) is 64.2 Å². The highest BCUT2D eigenvalue weighted by Gasteiger charge is 2.49. The molecule has 2 unspecified atom stereocenters. The van der Waals surface area contributed by atoms with Crippen LogP contribution in [0.5, 0.6) is 0 Å². The van der Waals surface area contributed by atoms with Crippen molar-refractivity contribution in [2.24, 2.45) is 13.0 Å². The Morgan fingerprint density at radius 2 is 1.72 bits per heavy atom. The molecule has 0 radical (unpaired) electrons. The van der Waals surface area contributed by atoms with Crippen molar-refractivity contribution < 1.29 is 45.1 Å². The zero-order valence-electron chi connectivity index (χ0n) is 38.0. The first-order valence-electron chi connectivity index (χ1n) is 23.0. The predicted molar refractivity (Wildman–Crippen MR) is 243 cm³/mol. The lowest BCUT2D eigenvalue weighted by Gasteiger charge is -2.48. The van der Waals surface area contributed by atoms with Gasteiger partial charge >= 0.3 is 11.9 Å². The molecule has 0 bridgehead atoms. The molecule has 17 nitrogen and oxygen atoms in total. The monoisotopic (exact) mass is 973 g/mol. The number of aliphatic hydroxyl groups is 1. The first kappa shape index (κ1) is 47.8. The predicted octanol–water partition coefficient (Wildman–Crippen LogP) is 4.12. The van der Waals surface area contributed by atoms with Gasteiger partial charge in [0.25, 0.3) is 5.92 Å². The van der Waals surface area contributed by atoms with Gasteiger partial charge < -0.3 is 20.2 Å². The summed E-state index contributed by atoms with van der Waals surface area (Å²) in [5, 5.41) is 15.8. The Morgan fingerprint density at radius 3 is 2.40 bits per heavy atom. The van der Waals surface area contributed by atoms with Gasteiger partial charge in [-0.25, -0.2) is 31.7 Å². The van der Waals surface area contributed by atoms with Crippen LogP contribution >= 0.6 is 0 Å². The van der Waals surface area contributed by atoms with Crippen LogP contribution in [0.2, 0.25) is 0 Å². The van der Waals surface area contributed by atoms with Crippen molar-refractivity contribution in [1.29, 1.82) is 0 Å². The van der Waals surface area contributed by atoms with E-state index in [1.54, 1.807) is 31.9 Å². The molecule has 23 heteroatoms. The molecule has 0 spiro atoms. The minimum Gasteiger partial charge on any atom is -0.388 e. The number of para-hydroxylation sites is 1. The number of benzene rings is 2. The van der Waals surface area contributed by atoms with Crippen molar-refractivity contribution in [3.8, 4) is 0 Å². The van der Waals surface area contributed by atoms with Crippen LogP contribution in [0.25, 0.3) is 11.0 Å². The maximum Gasteiger partial charge on any atom is 0.421 e. The van der Waals surface area contributed by atoms with Crippen LogP contribution in [0.3, 0.4) is 0 Å². The van der Waals surface area contributed by atoms with Gasteiger partial charge in [0.1, 0.15) is 17.4 Å². The van der Waals surface area contributed by atoms with Crippen LogP contribution in [0.1, 0.15) is 69.0 Å². The number of carbonyl (C=O) groups is 2. The van der Waals surface area contributed by atoms with Crippen LogP contribution in [0, 0.1) is 12.8 Å². The topological polar surface area (TPSA) is 190 Å². The number of alkyl halides is 5. The second-order valence-corrected chi connectivity index (χ2v) is 21.0. The largest absolute Gasteiger partial charge is 0.421 e. The molecule has 1 aliphatic carbocycles. The van der Waals surface area contributed by atoms with E-state index in [9.17, 15) is 41.1 Å². The van der Waals surface area contributed by atoms with Crippen molar-refractivity contribution in [1.82, 2.24) is 38.9 Å². The number of β-amino-alcohol motifs (C(OH)–C–C–N with tert-alkyl or cyclic N) is 1. The molecule has 6 heterocycles. The van der Waals surface area contributed by atoms with E-state index < -0.39 is 63.7 Å². The van der Waals surface area contributed by atoms with Gasteiger partial charge in [0, 0.05) is 89.2 Å². The van der Waals surface area contributed by atoms with Gasteiger partial charge in [-0.3, -0.25) is 33.8 Å². The van der Waals surface area contributed by atoms with E-state index in [4.69, 9.17) is 0 Å². The van der Waals surface area contributed by atoms with Gasteiger partial charge in [-0.1, -0.05) is 6.07 Å². The number of imidazole rings is 1. The van der Waals surface area contributed by atoms with E-state index in [2.05, 4.69) is 35.1 Å². The van der Waals surface area contributed by atoms with E-state index in [0.717, 1.165) is 5.69 Å². The third-order valence-electron chi connectivity index (χ3n) is 14.3. The number of sulfonamides is 1. The summed E-state index contributed by atoms with van der Waals surface area (Å²) in [5.41, 5.74) is 0.308. The highest BCUT2D eigenvalue weighted by atomic mass is 32.2. The molecule has 1 saturated carbocycles. The number of piperidine rings is 3. The van der Waals surface area contributed by atoms with E-state index in [1.807, 2.05) is 12.1 Å². The number of aromatic nitrogens is 4. The smallest absolute Gasteiger partial charge is 0.388 e. The molecule has 2 amide bonds. The third kappa shape index (κ3) is 9.55. The highest BCUT2D eigenvalue weighted by Crippen LogP contribution is 2.40. The van der Waals surface area contributed by atoms with E-state index in [1.165, 1.54) is 32.2 Å². The second-order valence-electron chi connectivity index (χ2n) is 19.3. The number of anilines is 4. The molecule has 368 valence electrons. The van der Waals surface area contributed by atoms with Crippen LogP contribution in [-0.4, -0.2) is 137 Å². The summed E-state index contributed by atoms with van der Waals surface area (Å²) in [4.78, 5) is 53.3. The Labute approximate surface area is 389 Å². The minimum absolute atomic E-state index is 0.0340. The fourth-order valence-corrected chi connectivity index (χ4v) is 11.9. The Hall–Kier alpha value is -5.23. The summed E-state index contributed by atoms with van der Waals surface area (Å²) in [6, 6.07) is 8.31. The van der Waals surface area contributed by atoms with Gasteiger partial charge in [0.15, 0.2) is 0 Å². The van der Waals surface area contributed by atoms with Crippen molar-refractivity contribution in [2.75, 3.05) is 74.0 Å². The molecule has 3 atom stereocenters. The quantitative estimate of drug-likeness (QED) is 0.124. The molecule has 4 aliphatic heterocycles. The van der Waals surface area contributed by atoms with E-state index in [0.29, 0.717) is 86.9 Å². The third-order valence-corrected chi connectivity index (χ3v) is 15.8. The molecule has 2 aromatic carbocycles. The Bertz CT molecular complexity index is 2770. The number of aryl methyl sites for hydroxylation is 2. The van der Waals surface area contributed by atoms with Crippen molar-refractivity contribution >= 4 is 56.0 Å². The first-order chi connectivity index (χ1) is 32.1. The number of fused-ring (bicyclic) bond motifs is 1. The SMILES string of the molecule is Cc1cc(S(=O)(=O)NC2CC(N3CCC(CN4CCN(c5cccc6c5n(C)c(=O)n6C5CCC(=O)NC5=O)CC4)C(F)(F)C3)C2)ccc1Nc1ncc(C(F)(F)F)c(N2CCC[C@](C)(O)C2)n1. The number of rotatable bonds is 11. The first-order valence-corrected chi connectivity index (χ1v) is 24.5. The minimum atomic E-state index is -4.73. The maximum absolute atomic E-state index is 15.9. The lowest BCUT2D eigenvalue weighted by atomic mass is 9.83. The second kappa shape index (κ2) is 17.9. The Balaban J connectivity index is 0.762. The normalized spacial score (nSPS) is 26.5. The summed E-state index contributed by atoms with van der Waals surface area (Å²) < 4.78 is 106. The number of halogens is 5. The fourth-order valence-electron chi connectivity index (χ4n) is 10.5. The van der Waals surface area contributed by atoms with Gasteiger partial charge in [-0.2, -0.15) is 18.2 Å². The molecule has 5 aliphatic rings. The molecule has 9 rings (SSSR count). The maximum atomic E-state index is 15.9. The van der Waals surface area contributed by atoms with Crippen molar-refractivity contribution in [2.45, 2.75) is 99.5 Å². The van der Waals surface area contributed by atoms with Gasteiger partial charge in [-0.15, -0.1) is 0 Å². The number of carbonyl (C=O) groups excluding carboxylic acids is 2. The molecule has 4 saturated heterocycles. The summed E-state index contributed by atoms with van der Waals surface area (Å²) >= 11 is 0. The fraction of sp³-hybridized carbons (Fsp3) is 0.578. The summed E-state index contributed by atoms with van der Waals surface area (Å²) in [7, 11) is -2.36. The molecule has 2 aromatic heterocycles. The number of nitrogens with one attached hydrogen (secondary N) is 3. The summed E-state index contributed by atoms with van der Waals surface area (Å²) in [6.45, 7) is 5.86. The molecule has 4 N–H and O–H groups in total. The molecule has 4 aromatic rings. The number of amides is 2. The lowest BCUT2D eigenvalue weighted by molar-refractivity contribution is -0.138. The molecule has 5 fully saturated rings. The number of nitrogens with zero attached hydrogens (tertiary/aromatic N) is 8. The van der Waals surface area contributed by atoms with Crippen LogP contribution in [0.4, 0.5) is 45.1 Å². The van der Waals surface area contributed by atoms with Gasteiger partial charge in [-0.05, 0) is 94.8 Å². The Kier molecular flexibility index (Phi) is 12.6. The summed E-state index contributed by atoms with van der Waals surface area (Å²) in [6.07, 6.45) is -1.74. The van der Waals surface area contributed by atoms with E-state index in [-0.39, 0.29) is 73.2 Å². The number of likely N-dealkylation sites (tertiary alicyclic amines) is 1. The average molecular weight is 974 g/mol. The lowest BCUT2D eigenvalue weighted by Crippen LogP contribution is -2.60. The average Bonchev–Trinajstić information content (AvgIpc) is 3.51. The van der Waals surface area contributed by atoms with Crippen LogP contribution < -0.4 is 30.8 Å². The molecular formula is C45H56F5N11O6S. The number of piperazine rings is 1. The highest BCUT2D eigenvalue weighted by molar-refractivity contribution is 7.89. The van der Waals surface area contributed by atoms with E-state index >= 15 is 8.78 Å². The van der Waals surface area contributed by atoms with Crippen LogP contribution in [-0.2, 0) is 32.8 Å². The zero-order valence-corrected chi connectivity index (χ0v) is 38.8. The zero-order chi connectivity index (χ0) is 48.5.